The van der Waals surface area contributed by atoms with Gasteiger partial charge in [0.05, 0.1) is 0 Å². The molecule has 0 saturated heterocycles. The topological polar surface area (TPSA) is 36.7 Å². The highest BCUT2D eigenvalue weighted by Gasteiger charge is 2.02. The summed E-state index contributed by atoms with van der Waals surface area (Å²) in [5.74, 6) is 0. The van der Waals surface area contributed by atoms with Crippen molar-refractivity contribution in [3.63, 3.8) is 0 Å². The molecule has 1 N–H and O–H groups in total. The van der Waals surface area contributed by atoms with Crippen LogP contribution in [0.5, 0.6) is 0 Å². The van der Waals surface area contributed by atoms with Crippen LogP contribution in [0.2, 0.25) is 0 Å². The fourth-order valence-corrected chi connectivity index (χ4v) is 1.71. The van der Waals surface area contributed by atoms with Gasteiger partial charge in [0.25, 0.3) is 0 Å². The molecule has 0 fully saturated rings. The summed E-state index contributed by atoms with van der Waals surface area (Å²) in [5, 5.41) is 7.97. The molecule has 0 radical (unpaired) electrons. The number of nitrogens with zero attached hydrogens (tertiary/aromatic N) is 1. The molecule has 0 aliphatic heterocycles. The number of halogens is 1. The van der Waals surface area contributed by atoms with Gasteiger partial charge in [0, 0.05) is 34.6 Å². The van der Waals surface area contributed by atoms with Crippen molar-refractivity contribution in [1.29, 1.82) is 5.41 Å². The molecule has 0 spiro atoms. The first kappa shape index (κ1) is 11.0. The summed E-state index contributed by atoms with van der Waals surface area (Å²) < 4.78 is 1.06. The highest BCUT2D eigenvalue weighted by Crippen LogP contribution is 2.12. The molecule has 0 unspecified atom stereocenters. The third kappa shape index (κ3) is 2.76. The van der Waals surface area contributed by atoms with Gasteiger partial charge in [0.1, 0.15) is 0 Å². The van der Waals surface area contributed by atoms with Crippen molar-refractivity contribution in [2.45, 2.75) is 6.42 Å². The molecule has 3 heteroatoms. The number of rotatable bonds is 3. The number of nitrogens with one attached hydrogen (secondary N) is 1. The van der Waals surface area contributed by atoms with Crippen molar-refractivity contribution in [3.8, 4) is 0 Å². The van der Waals surface area contributed by atoms with E-state index >= 15 is 0 Å². The Morgan fingerprint density at radius 3 is 2.56 bits per heavy atom. The molecule has 1 aromatic carbocycles. The Morgan fingerprint density at radius 2 is 1.94 bits per heavy atom. The predicted molar refractivity (Wildman–Crippen MR) is 68.9 cm³/mol. The molecule has 1 heterocycles. The van der Waals surface area contributed by atoms with Gasteiger partial charge in [0.15, 0.2) is 0 Å². The lowest BCUT2D eigenvalue weighted by Gasteiger charge is -2.03. The van der Waals surface area contributed by atoms with E-state index in [9.17, 15) is 0 Å². The van der Waals surface area contributed by atoms with Crippen LogP contribution in [0.3, 0.4) is 0 Å². The maximum absolute atomic E-state index is 7.97. The second kappa shape index (κ2) is 5.03. The zero-order chi connectivity index (χ0) is 11.4. The van der Waals surface area contributed by atoms with Gasteiger partial charge in [-0.15, -0.1) is 0 Å². The largest absolute Gasteiger partial charge is 0.304 e. The number of hydrogen-bond acceptors (Lipinski definition) is 2. The third-order valence-electron chi connectivity index (χ3n) is 2.30. The summed E-state index contributed by atoms with van der Waals surface area (Å²) in [6.07, 6.45) is 4.08. The van der Waals surface area contributed by atoms with E-state index in [4.69, 9.17) is 5.41 Å². The lowest BCUT2D eigenvalue weighted by atomic mass is 10.0. The second-order valence-electron chi connectivity index (χ2n) is 3.52. The zero-order valence-electron chi connectivity index (χ0n) is 8.65. The molecular formula is C13H11BrN2. The van der Waals surface area contributed by atoms with Gasteiger partial charge in [-0.25, -0.2) is 0 Å². The van der Waals surface area contributed by atoms with E-state index in [-0.39, 0.29) is 0 Å². The molecule has 0 saturated carbocycles. The normalized spacial score (nSPS) is 10.1. The number of pyridine rings is 1. The minimum absolute atomic E-state index is 0.593. The quantitative estimate of drug-likeness (QED) is 0.856. The first-order chi connectivity index (χ1) is 7.75. The Balaban J connectivity index is 2.11. The SMILES string of the molecule is N=C(Cc1ccc(Br)cc1)c1cccnc1. The molecule has 0 bridgehead atoms. The summed E-state index contributed by atoms with van der Waals surface area (Å²) in [6, 6.07) is 11.8. The van der Waals surface area contributed by atoms with Gasteiger partial charge in [-0.3, -0.25) is 4.98 Å². The Bertz CT molecular complexity index is 477. The molecule has 2 nitrogen and oxygen atoms in total. The average molecular weight is 275 g/mol. The fourth-order valence-electron chi connectivity index (χ4n) is 1.45. The highest BCUT2D eigenvalue weighted by atomic mass is 79.9. The smallest absolute Gasteiger partial charge is 0.0445 e. The summed E-state index contributed by atoms with van der Waals surface area (Å²) >= 11 is 3.39. The zero-order valence-corrected chi connectivity index (χ0v) is 10.2. The van der Waals surface area contributed by atoms with Crippen molar-refractivity contribution in [1.82, 2.24) is 4.98 Å². The van der Waals surface area contributed by atoms with Gasteiger partial charge in [-0.1, -0.05) is 34.1 Å². The third-order valence-corrected chi connectivity index (χ3v) is 2.83. The highest BCUT2D eigenvalue weighted by molar-refractivity contribution is 9.10. The van der Waals surface area contributed by atoms with E-state index in [0.717, 1.165) is 15.6 Å². The molecule has 80 valence electrons. The van der Waals surface area contributed by atoms with Crippen molar-refractivity contribution in [2.24, 2.45) is 0 Å². The summed E-state index contributed by atoms with van der Waals surface area (Å²) in [5.41, 5.74) is 2.61. The average Bonchev–Trinajstić information content (AvgIpc) is 2.33. The van der Waals surface area contributed by atoms with Gasteiger partial charge >= 0.3 is 0 Å². The Kier molecular flexibility index (Phi) is 3.47. The minimum atomic E-state index is 0.593. The van der Waals surface area contributed by atoms with Crippen LogP contribution in [0.15, 0.2) is 53.3 Å². The Morgan fingerprint density at radius 1 is 1.19 bits per heavy atom. The van der Waals surface area contributed by atoms with E-state index in [0.29, 0.717) is 12.1 Å². The van der Waals surface area contributed by atoms with Crippen LogP contribution in [-0.2, 0) is 6.42 Å². The Hall–Kier alpha value is -1.48. The molecule has 1 aromatic heterocycles. The molecule has 0 amide bonds. The van der Waals surface area contributed by atoms with Crippen molar-refractivity contribution in [2.75, 3.05) is 0 Å². The Labute approximate surface area is 103 Å². The van der Waals surface area contributed by atoms with Gasteiger partial charge in [-0.2, -0.15) is 0 Å². The molecular weight excluding hydrogens is 264 g/mol. The van der Waals surface area contributed by atoms with Crippen molar-refractivity contribution < 1.29 is 0 Å². The van der Waals surface area contributed by atoms with Crippen LogP contribution in [0.1, 0.15) is 11.1 Å². The molecule has 0 atom stereocenters. The maximum Gasteiger partial charge on any atom is 0.0445 e. The molecule has 2 aromatic rings. The van der Waals surface area contributed by atoms with E-state index in [1.54, 1.807) is 12.4 Å². The van der Waals surface area contributed by atoms with Gasteiger partial charge in [0.2, 0.25) is 0 Å². The lowest BCUT2D eigenvalue weighted by Crippen LogP contribution is -2.03. The standard InChI is InChI=1S/C13H11BrN2/c14-12-5-3-10(4-6-12)8-13(15)11-2-1-7-16-9-11/h1-7,9,15H,8H2. The van der Waals surface area contributed by atoms with E-state index in [2.05, 4.69) is 20.9 Å². The molecule has 0 aliphatic carbocycles. The van der Waals surface area contributed by atoms with Gasteiger partial charge < -0.3 is 5.41 Å². The van der Waals surface area contributed by atoms with Gasteiger partial charge in [-0.05, 0) is 23.8 Å². The predicted octanol–water partition coefficient (Wildman–Crippen LogP) is 3.45. The van der Waals surface area contributed by atoms with E-state index in [1.165, 1.54) is 0 Å². The van der Waals surface area contributed by atoms with E-state index in [1.807, 2.05) is 36.4 Å². The number of hydrogen-bond donors (Lipinski definition) is 1. The summed E-state index contributed by atoms with van der Waals surface area (Å²) in [7, 11) is 0. The summed E-state index contributed by atoms with van der Waals surface area (Å²) in [4.78, 5) is 4.01. The lowest BCUT2D eigenvalue weighted by molar-refractivity contribution is 1.24. The molecule has 16 heavy (non-hydrogen) atoms. The number of benzene rings is 1. The van der Waals surface area contributed by atoms with Crippen LogP contribution in [-0.4, -0.2) is 10.7 Å². The number of aromatic nitrogens is 1. The monoisotopic (exact) mass is 274 g/mol. The summed E-state index contributed by atoms with van der Waals surface area (Å²) in [6.45, 7) is 0. The first-order valence-corrected chi connectivity index (χ1v) is 5.77. The van der Waals surface area contributed by atoms with Crippen LogP contribution < -0.4 is 0 Å². The second-order valence-corrected chi connectivity index (χ2v) is 4.44. The first-order valence-electron chi connectivity index (χ1n) is 4.98. The van der Waals surface area contributed by atoms with Crippen LogP contribution >= 0.6 is 15.9 Å². The van der Waals surface area contributed by atoms with Crippen molar-refractivity contribution in [3.05, 3.63) is 64.4 Å². The van der Waals surface area contributed by atoms with Crippen molar-refractivity contribution >= 4 is 21.6 Å². The maximum atomic E-state index is 7.97. The minimum Gasteiger partial charge on any atom is -0.304 e. The molecule has 2 rings (SSSR count). The van der Waals surface area contributed by atoms with Crippen LogP contribution in [0, 0.1) is 5.41 Å². The molecule has 0 aliphatic rings. The van der Waals surface area contributed by atoms with Crippen LogP contribution in [0.25, 0.3) is 0 Å². The fraction of sp³-hybridized carbons (Fsp3) is 0.0769. The van der Waals surface area contributed by atoms with Crippen LogP contribution in [0.4, 0.5) is 0 Å². The van der Waals surface area contributed by atoms with E-state index < -0.39 is 0 Å².